The monoisotopic (exact) mass is 742 g/mol. The lowest BCUT2D eigenvalue weighted by atomic mass is 9.43. The van der Waals surface area contributed by atoms with E-state index in [4.69, 9.17) is 4.74 Å². The summed E-state index contributed by atoms with van der Waals surface area (Å²) in [5.74, 6) is 28.6. The van der Waals surface area contributed by atoms with Gasteiger partial charge in [-0.3, -0.25) is 4.79 Å². The fourth-order valence-electron chi connectivity index (χ4n) is 26.9. The molecule has 0 aromatic heterocycles. The van der Waals surface area contributed by atoms with Gasteiger partial charge in [-0.15, -0.1) is 0 Å². The van der Waals surface area contributed by atoms with Crippen LogP contribution < -0.4 is 0 Å². The van der Waals surface area contributed by atoms with Gasteiger partial charge >= 0.3 is 5.97 Å². The van der Waals surface area contributed by atoms with E-state index in [2.05, 4.69) is 60.1 Å². The molecule has 14 fully saturated rings. The number of carbonyl (C=O) groups is 1. The van der Waals surface area contributed by atoms with Crippen LogP contribution in [-0.4, -0.2) is 12.6 Å². The Morgan fingerprint density at radius 3 is 2.18 bits per heavy atom. The number of ether oxygens (including phenoxy) is 1. The standard InChI is InChI=1S/C54H62O2/c1-2-3-12-56-30(55)10-7-11-53(28-8-5-4-6-9-28)52-29-19-26-17-23-15-24-14-21-13-22-16-25-18-27-20-54(52,53)51-37(27)42-36(25)41-32(22)31(21)39-35(24)40-33(23)34(26)43-38(29)50(51)49-47(42)45(41)44(39)46(40)48(43)49/h4-6,8-9,20,22-26,29,32-52H,2-3,7,10-19H2,1H3. The maximum atomic E-state index is 13.3. The Bertz CT molecular complexity index is 2150. The first-order valence-electron chi connectivity index (χ1n) is 25.3. The molecule has 18 rings (SSSR count). The van der Waals surface area contributed by atoms with Gasteiger partial charge in [0, 0.05) is 17.3 Å². The van der Waals surface area contributed by atoms with Crippen molar-refractivity contribution >= 4 is 5.97 Å². The zero-order valence-electron chi connectivity index (χ0n) is 33.6. The number of fused-ring (bicyclic) bond motifs is 1. The molecule has 1 spiro atoms. The highest BCUT2D eigenvalue weighted by Gasteiger charge is 2.94. The van der Waals surface area contributed by atoms with Crippen molar-refractivity contribution in [2.75, 3.05) is 6.61 Å². The summed E-state index contributed by atoms with van der Waals surface area (Å²) in [4.78, 5) is 13.3. The molecular weight excluding hydrogens is 681 g/mol. The molecule has 0 radical (unpaired) electrons. The van der Waals surface area contributed by atoms with Crippen molar-refractivity contribution in [3.05, 3.63) is 58.7 Å². The van der Waals surface area contributed by atoms with Crippen molar-refractivity contribution in [2.24, 2.45) is 165 Å². The zero-order valence-corrected chi connectivity index (χ0v) is 33.6. The topological polar surface area (TPSA) is 26.3 Å². The highest BCUT2D eigenvalue weighted by molar-refractivity contribution is 5.69. The number of esters is 1. The molecule has 17 aliphatic carbocycles. The van der Waals surface area contributed by atoms with Gasteiger partial charge in [-0.05, 0) is 230 Å². The summed E-state index contributed by atoms with van der Waals surface area (Å²) in [5, 5.41) is 0. The molecule has 0 bridgehead atoms. The van der Waals surface area contributed by atoms with Crippen molar-refractivity contribution in [3.8, 4) is 0 Å². The number of unbranched alkanes of at least 4 members (excludes halogenated alkanes) is 1. The maximum Gasteiger partial charge on any atom is 0.305 e. The molecule has 0 aliphatic heterocycles. The largest absolute Gasteiger partial charge is 0.466 e. The molecular formula is C54H62O2. The number of allylic oxidation sites excluding steroid dienone is 4. The smallest absolute Gasteiger partial charge is 0.305 e. The van der Waals surface area contributed by atoms with E-state index >= 15 is 0 Å². The molecule has 29 atom stereocenters. The van der Waals surface area contributed by atoms with Crippen LogP contribution >= 0.6 is 0 Å². The second kappa shape index (κ2) is 9.09. The third-order valence-electron chi connectivity index (χ3n) is 25.7. The molecule has 0 amide bonds. The molecule has 56 heavy (non-hydrogen) atoms. The van der Waals surface area contributed by atoms with Gasteiger partial charge in [-0.25, -0.2) is 0 Å². The fraction of sp³-hybridized carbons (Fsp3) is 0.796. The summed E-state index contributed by atoms with van der Waals surface area (Å²) in [7, 11) is 0. The first-order valence-corrected chi connectivity index (χ1v) is 25.3. The van der Waals surface area contributed by atoms with E-state index in [-0.39, 0.29) is 11.4 Å². The minimum absolute atomic E-state index is 0.0765. The summed E-state index contributed by atoms with van der Waals surface area (Å²) in [6.07, 6.45) is 19.3. The van der Waals surface area contributed by atoms with E-state index < -0.39 is 0 Å². The number of benzene rings is 1. The van der Waals surface area contributed by atoms with Crippen LogP contribution in [0.5, 0.6) is 0 Å². The summed E-state index contributed by atoms with van der Waals surface area (Å²) in [6, 6.07) is 12.3. The molecule has 1 aromatic rings. The molecule has 2 nitrogen and oxygen atoms in total. The molecule has 1 aromatic carbocycles. The van der Waals surface area contributed by atoms with Crippen LogP contribution in [-0.2, 0) is 14.9 Å². The van der Waals surface area contributed by atoms with Crippen LogP contribution in [0.3, 0.4) is 0 Å². The van der Waals surface area contributed by atoms with Crippen LogP contribution in [0.2, 0.25) is 0 Å². The van der Waals surface area contributed by atoms with E-state index in [0.29, 0.717) is 18.4 Å². The number of hydrogen-bond donors (Lipinski definition) is 0. The Morgan fingerprint density at radius 2 is 1.30 bits per heavy atom. The summed E-state index contributed by atoms with van der Waals surface area (Å²) in [6.45, 7) is 2.81. The van der Waals surface area contributed by atoms with Gasteiger partial charge < -0.3 is 4.74 Å². The minimum Gasteiger partial charge on any atom is -0.466 e. The van der Waals surface area contributed by atoms with Crippen LogP contribution in [0, 0.1) is 165 Å². The maximum absolute atomic E-state index is 13.3. The first-order chi connectivity index (χ1) is 27.7. The second-order valence-corrected chi connectivity index (χ2v) is 25.3. The Hall–Kier alpha value is -1.83. The van der Waals surface area contributed by atoms with E-state index in [1.807, 2.05) is 0 Å². The number of hydrogen-bond acceptors (Lipinski definition) is 2. The van der Waals surface area contributed by atoms with Gasteiger partial charge in [0.1, 0.15) is 0 Å². The second-order valence-electron chi connectivity index (χ2n) is 25.3. The predicted molar refractivity (Wildman–Crippen MR) is 212 cm³/mol. The normalized spacial score (nSPS) is 67.0. The average Bonchev–Trinajstić information content (AvgIpc) is 3.89. The zero-order chi connectivity index (χ0) is 35.6. The van der Waals surface area contributed by atoms with Gasteiger partial charge in [0.15, 0.2) is 0 Å². The molecule has 29 unspecified atom stereocenters. The first kappa shape index (κ1) is 30.2. The summed E-state index contributed by atoms with van der Waals surface area (Å²) in [5.41, 5.74) is 8.73. The quantitative estimate of drug-likeness (QED) is 0.151. The van der Waals surface area contributed by atoms with E-state index in [1.165, 1.54) is 12.8 Å². The number of rotatable bonds is 8. The SMILES string of the molecule is CCCCOC(=O)CCCC1(c2ccccc2)C2C3CC4CC5CC6CC7=C8C9C(C7)CC7CC%10=CC21C1C%10C2C7C9C7C9C8C6C6C5C4C4C3C1C(C27)C4C96. The van der Waals surface area contributed by atoms with Gasteiger partial charge in [0.25, 0.3) is 0 Å². The molecule has 17 aliphatic rings. The minimum atomic E-state index is 0.0765. The summed E-state index contributed by atoms with van der Waals surface area (Å²) >= 11 is 0. The molecule has 0 N–H and O–H groups in total. The van der Waals surface area contributed by atoms with Crippen molar-refractivity contribution < 1.29 is 9.53 Å². The Morgan fingerprint density at radius 1 is 0.643 bits per heavy atom. The van der Waals surface area contributed by atoms with Crippen LogP contribution in [0.25, 0.3) is 0 Å². The Balaban J connectivity index is 0.886. The molecule has 0 heterocycles. The van der Waals surface area contributed by atoms with Crippen LogP contribution in [0.15, 0.2) is 53.1 Å². The van der Waals surface area contributed by atoms with Crippen molar-refractivity contribution in [1.82, 2.24) is 0 Å². The van der Waals surface area contributed by atoms with Gasteiger partial charge in [0.2, 0.25) is 0 Å². The molecule has 14 saturated carbocycles. The van der Waals surface area contributed by atoms with Crippen molar-refractivity contribution in [1.29, 1.82) is 0 Å². The highest BCUT2D eigenvalue weighted by atomic mass is 16.5. The number of carbonyl (C=O) groups excluding carboxylic acids is 1. The Kier molecular flexibility index (Phi) is 4.91. The lowest BCUT2D eigenvalue weighted by molar-refractivity contribution is -0.144. The molecule has 0 saturated heterocycles. The predicted octanol–water partition coefficient (Wildman–Crippen LogP) is 10.2. The lowest BCUT2D eigenvalue weighted by Gasteiger charge is -2.62. The summed E-state index contributed by atoms with van der Waals surface area (Å²) < 4.78 is 5.85. The van der Waals surface area contributed by atoms with Crippen LogP contribution in [0.4, 0.5) is 0 Å². The lowest BCUT2D eigenvalue weighted by Crippen LogP contribution is -2.58. The Labute approximate surface area is 334 Å². The van der Waals surface area contributed by atoms with E-state index in [9.17, 15) is 4.79 Å². The molecule has 2 heteroatoms. The van der Waals surface area contributed by atoms with Crippen molar-refractivity contribution in [2.45, 2.75) is 89.4 Å². The van der Waals surface area contributed by atoms with Crippen molar-refractivity contribution in [3.63, 3.8) is 0 Å². The fourth-order valence-corrected chi connectivity index (χ4v) is 26.9. The van der Waals surface area contributed by atoms with Gasteiger partial charge in [-0.2, -0.15) is 0 Å². The van der Waals surface area contributed by atoms with E-state index in [0.717, 1.165) is 179 Å². The highest BCUT2D eigenvalue weighted by Crippen LogP contribution is 2.97. The van der Waals surface area contributed by atoms with Gasteiger partial charge in [-0.1, -0.05) is 66.5 Å². The average molecular weight is 743 g/mol. The third kappa shape index (κ3) is 2.67. The molecule has 290 valence electrons. The van der Waals surface area contributed by atoms with E-state index in [1.54, 1.807) is 44.1 Å². The van der Waals surface area contributed by atoms with Crippen LogP contribution in [0.1, 0.15) is 89.5 Å². The van der Waals surface area contributed by atoms with Gasteiger partial charge in [0.05, 0.1) is 6.61 Å². The third-order valence-corrected chi connectivity index (χ3v) is 25.7.